The average Bonchev–Trinajstić information content (AvgIpc) is 3.33. The predicted molar refractivity (Wildman–Crippen MR) is 165 cm³/mol. The fourth-order valence-electron chi connectivity index (χ4n) is 11.2. The van der Waals surface area contributed by atoms with Crippen molar-refractivity contribution in [2.45, 2.75) is 129 Å². The van der Waals surface area contributed by atoms with Gasteiger partial charge in [0.15, 0.2) is 6.29 Å². The summed E-state index contributed by atoms with van der Waals surface area (Å²) in [6.07, 6.45) is 8.21. The van der Waals surface area contributed by atoms with Crippen LogP contribution < -0.4 is 0 Å². The van der Waals surface area contributed by atoms with Crippen molar-refractivity contribution >= 4 is 5.97 Å². The lowest BCUT2D eigenvalue weighted by atomic mass is 9.38. The Bertz CT molecular complexity index is 1220. The molecule has 0 amide bonds. The lowest BCUT2D eigenvalue weighted by molar-refractivity contribution is -0.329. The van der Waals surface area contributed by atoms with Crippen LogP contribution in [0.15, 0.2) is 36.5 Å². The number of carbonyl (C=O) groups is 1. The molecule has 1 spiro atoms. The molecule has 6 aliphatic rings. The second kappa shape index (κ2) is 10.7. The normalized spacial score (nSPS) is 51.4. The number of hydrogen-bond acceptors (Lipinski definition) is 8. The first-order valence-electron chi connectivity index (χ1n) is 16.8. The first kappa shape index (κ1) is 32.4. The molecule has 246 valence electrons. The maximum Gasteiger partial charge on any atom is 0.314 e. The molecule has 2 aliphatic heterocycles. The summed E-state index contributed by atoms with van der Waals surface area (Å²) in [7, 11) is 0. The van der Waals surface area contributed by atoms with Gasteiger partial charge in [0.2, 0.25) is 0 Å². The zero-order valence-electron chi connectivity index (χ0n) is 27.4. The molecule has 2 bridgehead atoms. The summed E-state index contributed by atoms with van der Waals surface area (Å²) in [6, 6.07) is 0. The number of fused-ring (bicyclic) bond motifs is 2. The SMILES string of the molecule is C=C(C)C=CCC(C)C1CCC2(C)C3C=CC45OC(=O)C3(CCC12C)C4CCC(OC1OC(CO)C(O)C(O)C1O)C5(C)C. The molecule has 0 aromatic carbocycles. The quantitative estimate of drug-likeness (QED) is 0.188. The summed E-state index contributed by atoms with van der Waals surface area (Å²) in [4.78, 5) is 14.4. The molecule has 0 aromatic rings. The molecule has 5 fully saturated rings. The Hall–Kier alpha value is -1.55. The zero-order chi connectivity index (χ0) is 32.0. The predicted octanol–water partition coefficient (Wildman–Crippen LogP) is 4.45. The van der Waals surface area contributed by atoms with Crippen LogP contribution >= 0.6 is 0 Å². The molecule has 8 nitrogen and oxygen atoms in total. The van der Waals surface area contributed by atoms with Gasteiger partial charge in [0.25, 0.3) is 0 Å². The van der Waals surface area contributed by atoms with Gasteiger partial charge in [-0.2, -0.15) is 0 Å². The van der Waals surface area contributed by atoms with E-state index in [4.69, 9.17) is 14.2 Å². The second-order valence-corrected chi connectivity index (χ2v) is 16.2. The summed E-state index contributed by atoms with van der Waals surface area (Å²) >= 11 is 0. The van der Waals surface area contributed by atoms with E-state index in [1.165, 1.54) is 6.42 Å². The van der Waals surface area contributed by atoms with Crippen molar-refractivity contribution in [3.63, 3.8) is 0 Å². The number of rotatable bonds is 7. The third-order valence-electron chi connectivity index (χ3n) is 14.0. The van der Waals surface area contributed by atoms with E-state index in [0.29, 0.717) is 18.3 Å². The van der Waals surface area contributed by atoms with Crippen LogP contribution in [0.4, 0.5) is 0 Å². The van der Waals surface area contributed by atoms with Crippen molar-refractivity contribution in [2.75, 3.05) is 6.61 Å². The molecular formula is C36H54O8. The topological polar surface area (TPSA) is 126 Å². The van der Waals surface area contributed by atoms with E-state index >= 15 is 0 Å². The summed E-state index contributed by atoms with van der Waals surface area (Å²) in [5.74, 6) is 1.16. The Kier molecular flexibility index (Phi) is 7.91. The Morgan fingerprint density at radius 2 is 1.80 bits per heavy atom. The van der Waals surface area contributed by atoms with Gasteiger partial charge in [0, 0.05) is 11.3 Å². The fourth-order valence-corrected chi connectivity index (χ4v) is 11.2. The highest BCUT2D eigenvalue weighted by atomic mass is 16.7. The second-order valence-electron chi connectivity index (χ2n) is 16.2. The molecule has 14 atom stereocenters. The number of hydrogen-bond donors (Lipinski definition) is 4. The van der Waals surface area contributed by atoms with E-state index in [9.17, 15) is 25.2 Å². The maximum atomic E-state index is 14.4. The van der Waals surface area contributed by atoms with Crippen molar-refractivity contribution < 1.29 is 39.4 Å². The lowest BCUT2D eigenvalue weighted by Crippen LogP contribution is -2.66. The van der Waals surface area contributed by atoms with E-state index in [-0.39, 0.29) is 28.6 Å². The molecule has 4 aliphatic carbocycles. The maximum absolute atomic E-state index is 14.4. The van der Waals surface area contributed by atoms with Gasteiger partial charge in [-0.1, -0.05) is 65.0 Å². The van der Waals surface area contributed by atoms with Gasteiger partial charge in [-0.15, -0.1) is 0 Å². The Balaban J connectivity index is 1.29. The van der Waals surface area contributed by atoms with Gasteiger partial charge in [0.1, 0.15) is 30.0 Å². The molecule has 8 heteroatoms. The van der Waals surface area contributed by atoms with Crippen LogP contribution in [0.1, 0.15) is 86.5 Å². The minimum Gasteiger partial charge on any atom is -0.453 e. The highest BCUT2D eigenvalue weighted by Gasteiger charge is 2.79. The van der Waals surface area contributed by atoms with E-state index < -0.39 is 59.8 Å². The highest BCUT2D eigenvalue weighted by molar-refractivity contribution is 5.83. The zero-order valence-corrected chi connectivity index (χ0v) is 27.4. The number of aliphatic hydroxyl groups is 4. The third kappa shape index (κ3) is 4.13. The van der Waals surface area contributed by atoms with Gasteiger partial charge in [0.05, 0.1) is 18.1 Å². The molecule has 0 radical (unpaired) electrons. The van der Waals surface area contributed by atoms with Gasteiger partial charge in [-0.05, 0) is 86.5 Å². The Morgan fingerprint density at radius 1 is 1.07 bits per heavy atom. The molecule has 14 unspecified atom stereocenters. The number of esters is 1. The molecule has 2 heterocycles. The fraction of sp³-hybridized carbons (Fsp3) is 0.806. The molecule has 3 saturated carbocycles. The van der Waals surface area contributed by atoms with Crippen LogP contribution in [0.3, 0.4) is 0 Å². The number of carbonyl (C=O) groups excluding carboxylic acids is 1. The van der Waals surface area contributed by atoms with Crippen molar-refractivity contribution in [1.82, 2.24) is 0 Å². The molecular weight excluding hydrogens is 560 g/mol. The van der Waals surface area contributed by atoms with Crippen LogP contribution in [-0.4, -0.2) is 75.4 Å². The average molecular weight is 615 g/mol. The molecule has 6 rings (SSSR count). The standard InChI is InChI=1S/C36H54O8/c1-20(2)9-8-10-21(3)22-13-15-34(7)24-14-16-36-25(35(24,31(41)44-36)18-17-33(22,34)6)11-12-26(32(36,4)5)43-30-29(40)28(39)27(38)23(19-37)42-30/h8-9,14,16,21-30,37-40H,1,10-13,15,17-19H2,2-7H3. The number of aliphatic hydroxyl groups excluding tert-OH is 4. The number of ether oxygens (including phenoxy) is 3. The van der Waals surface area contributed by atoms with E-state index in [2.05, 4.69) is 65.5 Å². The van der Waals surface area contributed by atoms with E-state index in [1.54, 1.807) is 0 Å². The highest BCUT2D eigenvalue weighted by Crippen LogP contribution is 2.78. The van der Waals surface area contributed by atoms with Crippen LogP contribution in [0.2, 0.25) is 0 Å². The van der Waals surface area contributed by atoms with Crippen molar-refractivity contribution in [1.29, 1.82) is 0 Å². The lowest BCUT2D eigenvalue weighted by Gasteiger charge is -2.63. The summed E-state index contributed by atoms with van der Waals surface area (Å²) < 4.78 is 18.7. The smallest absolute Gasteiger partial charge is 0.314 e. The van der Waals surface area contributed by atoms with E-state index in [0.717, 1.165) is 37.7 Å². The van der Waals surface area contributed by atoms with Crippen molar-refractivity contribution in [3.8, 4) is 0 Å². The summed E-state index contributed by atoms with van der Waals surface area (Å²) in [5.41, 5.74) is -0.939. The van der Waals surface area contributed by atoms with Crippen LogP contribution in [0, 0.1) is 45.3 Å². The van der Waals surface area contributed by atoms with E-state index in [1.807, 2.05) is 6.92 Å². The molecule has 2 saturated heterocycles. The minimum absolute atomic E-state index is 0.0125. The first-order valence-corrected chi connectivity index (χ1v) is 16.8. The van der Waals surface area contributed by atoms with Gasteiger partial charge >= 0.3 is 5.97 Å². The van der Waals surface area contributed by atoms with Crippen molar-refractivity contribution in [2.24, 2.45) is 45.3 Å². The molecule has 44 heavy (non-hydrogen) atoms. The minimum atomic E-state index is -1.51. The van der Waals surface area contributed by atoms with Crippen LogP contribution in [0.25, 0.3) is 0 Å². The monoisotopic (exact) mass is 614 g/mol. The van der Waals surface area contributed by atoms with Crippen LogP contribution in [-0.2, 0) is 19.0 Å². The Labute approximate surface area is 262 Å². The number of allylic oxidation sites excluding steroid dienone is 4. The van der Waals surface area contributed by atoms with Gasteiger partial charge in [-0.25, -0.2) is 0 Å². The first-order chi connectivity index (χ1) is 20.6. The Morgan fingerprint density at radius 3 is 2.48 bits per heavy atom. The summed E-state index contributed by atoms with van der Waals surface area (Å²) in [5, 5.41) is 41.0. The third-order valence-corrected chi connectivity index (χ3v) is 14.0. The summed E-state index contributed by atoms with van der Waals surface area (Å²) in [6.45, 7) is 17.0. The molecule has 0 aromatic heterocycles. The largest absolute Gasteiger partial charge is 0.453 e. The molecule has 4 N–H and O–H groups in total. The van der Waals surface area contributed by atoms with Crippen molar-refractivity contribution in [3.05, 3.63) is 36.5 Å². The van der Waals surface area contributed by atoms with Gasteiger partial charge < -0.3 is 34.6 Å². The van der Waals surface area contributed by atoms with Gasteiger partial charge in [-0.3, -0.25) is 4.79 Å². The van der Waals surface area contributed by atoms with Crippen LogP contribution in [0.5, 0.6) is 0 Å².